The van der Waals surface area contributed by atoms with Crippen molar-refractivity contribution < 1.29 is 27.8 Å². The van der Waals surface area contributed by atoms with Crippen LogP contribution < -0.4 is 14.2 Å². The Morgan fingerprint density at radius 3 is 2.73 bits per heavy atom. The molecule has 7 nitrogen and oxygen atoms in total. The van der Waals surface area contributed by atoms with Crippen molar-refractivity contribution in [3.63, 3.8) is 0 Å². The van der Waals surface area contributed by atoms with Crippen LogP contribution in [0.15, 0.2) is 53.3 Å². The van der Waals surface area contributed by atoms with Crippen LogP contribution in [0.3, 0.4) is 0 Å². The van der Waals surface area contributed by atoms with Gasteiger partial charge < -0.3 is 18.6 Å². The van der Waals surface area contributed by atoms with Crippen LogP contribution in [0.4, 0.5) is 4.39 Å². The molecule has 0 spiro atoms. The van der Waals surface area contributed by atoms with Crippen LogP contribution in [-0.4, -0.2) is 11.0 Å². The lowest BCUT2D eigenvalue weighted by molar-refractivity contribution is -0.131. The van der Waals surface area contributed by atoms with Gasteiger partial charge in [0.1, 0.15) is 46.8 Å². The van der Waals surface area contributed by atoms with E-state index in [1.165, 1.54) is 19.4 Å². The van der Waals surface area contributed by atoms with E-state index < -0.39 is 11.8 Å². The second-order valence-electron chi connectivity index (χ2n) is 7.36. The van der Waals surface area contributed by atoms with Gasteiger partial charge >= 0.3 is 5.97 Å². The Hall–Kier alpha value is -4.38. The fraction of sp³-hybridized carbons (Fsp3) is 0.160. The lowest BCUT2D eigenvalue weighted by Crippen LogP contribution is -2.04. The molecule has 0 saturated heterocycles. The molecule has 0 bridgehead atoms. The summed E-state index contributed by atoms with van der Waals surface area (Å²) in [5, 5.41) is 9.47. The van der Waals surface area contributed by atoms with Gasteiger partial charge in [0, 0.05) is 24.6 Å². The molecule has 1 aromatic heterocycles. The first-order valence-corrected chi connectivity index (χ1v) is 10.0. The molecule has 0 radical (unpaired) electrons. The summed E-state index contributed by atoms with van der Waals surface area (Å²) in [6, 6.07) is 13.2. The summed E-state index contributed by atoms with van der Waals surface area (Å²) in [5.41, 5.74) is 3.14. The number of fused-ring (bicyclic) bond motifs is 1. The summed E-state index contributed by atoms with van der Waals surface area (Å²) in [6.45, 7) is 4.94. The lowest BCUT2D eigenvalue weighted by Gasteiger charge is -2.16. The molecule has 0 atom stereocenters. The van der Waals surface area contributed by atoms with Gasteiger partial charge in [-0.2, -0.15) is 5.26 Å². The zero-order valence-electron chi connectivity index (χ0n) is 18.1. The summed E-state index contributed by atoms with van der Waals surface area (Å²) in [7, 11) is 0. The van der Waals surface area contributed by atoms with E-state index >= 15 is 0 Å². The Bertz CT molecular complexity index is 1400. The standard InChI is InChI=1S/C25H19FN2O5/c1-14-4-7-22(32-16(3)29)15(2)25(14)33-23-10-18(9-20(26)19(23)11-27)30-12-17-5-6-21-24(8-17)31-13-28-21/h4-10,13H,12H2,1-3H3. The number of esters is 1. The van der Waals surface area contributed by atoms with E-state index in [9.17, 15) is 14.4 Å². The van der Waals surface area contributed by atoms with E-state index in [1.54, 1.807) is 38.1 Å². The molecule has 4 aromatic rings. The van der Waals surface area contributed by atoms with E-state index in [-0.39, 0.29) is 23.7 Å². The second-order valence-corrected chi connectivity index (χ2v) is 7.36. The molecule has 0 unspecified atom stereocenters. The number of rotatable bonds is 6. The van der Waals surface area contributed by atoms with Crippen LogP contribution in [-0.2, 0) is 11.4 Å². The molecule has 0 fully saturated rings. The number of oxazole rings is 1. The molecule has 0 aliphatic rings. The maximum atomic E-state index is 14.7. The van der Waals surface area contributed by atoms with Crippen molar-refractivity contribution in [3.8, 4) is 29.1 Å². The Balaban J connectivity index is 1.63. The highest BCUT2D eigenvalue weighted by atomic mass is 19.1. The summed E-state index contributed by atoms with van der Waals surface area (Å²) in [4.78, 5) is 15.4. The largest absolute Gasteiger partial charge is 0.489 e. The number of halogens is 1. The molecule has 0 aliphatic carbocycles. The maximum Gasteiger partial charge on any atom is 0.308 e. The molecule has 8 heteroatoms. The second kappa shape index (κ2) is 9.01. The monoisotopic (exact) mass is 446 g/mol. The average molecular weight is 446 g/mol. The fourth-order valence-corrected chi connectivity index (χ4v) is 3.33. The third-order valence-corrected chi connectivity index (χ3v) is 4.96. The number of carbonyl (C=O) groups excluding carboxylic acids is 1. The Kier molecular flexibility index (Phi) is 5.96. The summed E-state index contributed by atoms with van der Waals surface area (Å²) in [6.07, 6.45) is 1.36. The number of nitrogens with zero attached hydrogens (tertiary/aromatic N) is 2. The molecule has 0 amide bonds. The third kappa shape index (κ3) is 4.62. The van der Waals surface area contributed by atoms with Gasteiger partial charge in [0.25, 0.3) is 0 Å². The number of aromatic nitrogens is 1. The molecule has 166 valence electrons. The van der Waals surface area contributed by atoms with Crippen LogP contribution in [0.2, 0.25) is 0 Å². The van der Waals surface area contributed by atoms with E-state index in [0.29, 0.717) is 22.6 Å². The fourth-order valence-electron chi connectivity index (χ4n) is 3.33. The molecule has 1 heterocycles. The third-order valence-electron chi connectivity index (χ3n) is 4.96. The Labute approximate surface area is 188 Å². The lowest BCUT2D eigenvalue weighted by atomic mass is 10.1. The first kappa shape index (κ1) is 21.8. The zero-order valence-corrected chi connectivity index (χ0v) is 18.1. The Morgan fingerprint density at radius 1 is 1.15 bits per heavy atom. The van der Waals surface area contributed by atoms with Gasteiger partial charge in [-0.15, -0.1) is 0 Å². The van der Waals surface area contributed by atoms with Crippen LogP contribution in [0.25, 0.3) is 11.1 Å². The van der Waals surface area contributed by atoms with Gasteiger partial charge in [-0.1, -0.05) is 12.1 Å². The van der Waals surface area contributed by atoms with Crippen LogP contribution in [0.5, 0.6) is 23.0 Å². The van der Waals surface area contributed by atoms with Crippen molar-refractivity contribution in [2.75, 3.05) is 0 Å². The van der Waals surface area contributed by atoms with E-state index in [0.717, 1.165) is 22.7 Å². The summed E-state index contributed by atoms with van der Waals surface area (Å²) >= 11 is 0. The number of carbonyl (C=O) groups is 1. The number of benzene rings is 3. The minimum absolute atomic E-state index is 0.00985. The predicted octanol–water partition coefficient (Wildman–Crippen LogP) is 5.75. The van der Waals surface area contributed by atoms with Gasteiger partial charge in [-0.25, -0.2) is 9.37 Å². The number of nitriles is 1. The van der Waals surface area contributed by atoms with Crippen molar-refractivity contribution >= 4 is 17.1 Å². The predicted molar refractivity (Wildman–Crippen MR) is 117 cm³/mol. The van der Waals surface area contributed by atoms with Crippen molar-refractivity contribution in [3.05, 3.63) is 76.9 Å². The zero-order chi connectivity index (χ0) is 23.5. The highest BCUT2D eigenvalue weighted by Gasteiger charge is 2.18. The van der Waals surface area contributed by atoms with Crippen LogP contribution >= 0.6 is 0 Å². The van der Waals surface area contributed by atoms with Crippen LogP contribution in [0, 0.1) is 31.0 Å². The van der Waals surface area contributed by atoms with Gasteiger partial charge in [-0.3, -0.25) is 4.79 Å². The van der Waals surface area contributed by atoms with Crippen LogP contribution in [0.1, 0.15) is 29.2 Å². The first-order chi connectivity index (χ1) is 15.9. The smallest absolute Gasteiger partial charge is 0.308 e. The highest BCUT2D eigenvalue weighted by Crippen LogP contribution is 2.38. The quantitative estimate of drug-likeness (QED) is 0.275. The molecule has 4 rings (SSSR count). The van der Waals surface area contributed by atoms with E-state index in [2.05, 4.69) is 4.98 Å². The van der Waals surface area contributed by atoms with Crippen molar-refractivity contribution in [2.24, 2.45) is 0 Å². The first-order valence-electron chi connectivity index (χ1n) is 10.0. The summed E-state index contributed by atoms with van der Waals surface area (Å²) < 4.78 is 36.9. The van der Waals surface area contributed by atoms with Gasteiger partial charge in [0.15, 0.2) is 17.7 Å². The van der Waals surface area contributed by atoms with Gasteiger partial charge in [-0.05, 0) is 43.2 Å². The highest BCUT2D eigenvalue weighted by molar-refractivity contribution is 5.72. The molecule has 33 heavy (non-hydrogen) atoms. The van der Waals surface area contributed by atoms with Crippen molar-refractivity contribution in [1.29, 1.82) is 5.26 Å². The van der Waals surface area contributed by atoms with Gasteiger partial charge in [0.2, 0.25) is 0 Å². The number of hydrogen-bond acceptors (Lipinski definition) is 7. The number of hydrogen-bond donors (Lipinski definition) is 0. The van der Waals surface area contributed by atoms with Gasteiger partial charge in [0.05, 0.1) is 0 Å². The van der Waals surface area contributed by atoms with E-state index in [1.807, 2.05) is 12.1 Å². The van der Waals surface area contributed by atoms with E-state index in [4.69, 9.17) is 18.6 Å². The minimum atomic E-state index is -0.776. The molecular formula is C25H19FN2O5. The molecule has 0 aliphatic heterocycles. The normalized spacial score (nSPS) is 10.6. The number of aryl methyl sites for hydroxylation is 1. The molecule has 3 aromatic carbocycles. The summed E-state index contributed by atoms with van der Waals surface area (Å²) in [5.74, 6) is -0.400. The number of ether oxygens (including phenoxy) is 3. The SMILES string of the molecule is CC(=O)Oc1ccc(C)c(Oc2cc(OCc3ccc4ncoc4c3)cc(F)c2C#N)c1C. The molecule has 0 N–H and O–H groups in total. The average Bonchev–Trinajstić information content (AvgIpc) is 3.25. The topological polar surface area (TPSA) is 94.6 Å². The van der Waals surface area contributed by atoms with Crippen molar-refractivity contribution in [2.45, 2.75) is 27.4 Å². The molecular weight excluding hydrogens is 427 g/mol. The Morgan fingerprint density at radius 2 is 1.97 bits per heavy atom. The molecule has 0 saturated carbocycles. The minimum Gasteiger partial charge on any atom is -0.489 e. The maximum absolute atomic E-state index is 14.7. The van der Waals surface area contributed by atoms with Crippen molar-refractivity contribution in [1.82, 2.24) is 4.98 Å².